The first-order valence-corrected chi connectivity index (χ1v) is 8.26. The van der Waals surface area contributed by atoms with Crippen LogP contribution in [0.15, 0.2) is 65.1 Å². The fourth-order valence-corrected chi connectivity index (χ4v) is 3.39. The van der Waals surface area contributed by atoms with Crippen molar-refractivity contribution < 1.29 is 9.52 Å². The summed E-state index contributed by atoms with van der Waals surface area (Å²) in [5.41, 5.74) is 3.34. The van der Waals surface area contributed by atoms with Crippen LogP contribution in [0.1, 0.15) is 19.4 Å². The van der Waals surface area contributed by atoms with Crippen LogP contribution in [-0.2, 0) is 5.60 Å². The third-order valence-corrected chi connectivity index (χ3v) is 4.57. The summed E-state index contributed by atoms with van der Waals surface area (Å²) in [7, 11) is 0. The van der Waals surface area contributed by atoms with E-state index in [4.69, 9.17) is 16.0 Å². The Balaban J connectivity index is 2.08. The zero-order chi connectivity index (χ0) is 16.9. The van der Waals surface area contributed by atoms with Gasteiger partial charge in [0.25, 0.3) is 0 Å². The Bertz CT molecular complexity index is 1050. The Morgan fingerprint density at radius 1 is 0.875 bits per heavy atom. The van der Waals surface area contributed by atoms with Crippen molar-refractivity contribution in [2.45, 2.75) is 19.4 Å². The first kappa shape index (κ1) is 15.3. The average Bonchev–Trinajstić information content (AvgIpc) is 2.93. The molecule has 24 heavy (non-hydrogen) atoms. The minimum absolute atomic E-state index is 0.604. The second kappa shape index (κ2) is 5.37. The number of fused-ring (bicyclic) bond motifs is 3. The molecule has 0 aliphatic carbocycles. The normalized spacial score (nSPS) is 12.2. The van der Waals surface area contributed by atoms with E-state index in [-0.39, 0.29) is 0 Å². The molecule has 2 nitrogen and oxygen atoms in total. The third kappa shape index (κ3) is 2.39. The van der Waals surface area contributed by atoms with Gasteiger partial charge in [-0.1, -0.05) is 54.1 Å². The molecule has 120 valence electrons. The van der Waals surface area contributed by atoms with E-state index in [1.807, 2.05) is 48.5 Å². The molecule has 4 rings (SSSR count). The molecule has 0 saturated heterocycles. The fourth-order valence-electron chi connectivity index (χ4n) is 3.22. The Kier molecular flexibility index (Phi) is 3.41. The maximum absolute atomic E-state index is 10.6. The number of halogens is 1. The van der Waals surface area contributed by atoms with Crippen LogP contribution >= 0.6 is 11.6 Å². The third-order valence-electron chi connectivity index (χ3n) is 4.34. The minimum Gasteiger partial charge on any atom is -0.455 e. The predicted molar refractivity (Wildman–Crippen MR) is 99.4 cm³/mol. The van der Waals surface area contributed by atoms with Gasteiger partial charge in [-0.3, -0.25) is 0 Å². The molecule has 0 amide bonds. The highest BCUT2D eigenvalue weighted by Gasteiger charge is 2.23. The van der Waals surface area contributed by atoms with Gasteiger partial charge in [-0.2, -0.15) is 0 Å². The number of hydrogen-bond acceptors (Lipinski definition) is 2. The molecule has 0 radical (unpaired) electrons. The number of para-hydroxylation sites is 2. The number of hydrogen-bond donors (Lipinski definition) is 1. The van der Waals surface area contributed by atoms with E-state index in [1.165, 1.54) is 0 Å². The van der Waals surface area contributed by atoms with Crippen LogP contribution in [0.4, 0.5) is 0 Å². The maximum atomic E-state index is 10.6. The van der Waals surface area contributed by atoms with Gasteiger partial charge in [0, 0.05) is 21.4 Å². The maximum Gasteiger partial charge on any atom is 0.143 e. The second-order valence-corrected chi connectivity index (χ2v) is 6.97. The first-order chi connectivity index (χ1) is 11.4. The molecule has 1 aromatic heterocycles. The predicted octanol–water partition coefficient (Wildman–Crippen LogP) is 6.13. The largest absolute Gasteiger partial charge is 0.455 e. The van der Waals surface area contributed by atoms with Crippen LogP contribution < -0.4 is 0 Å². The van der Waals surface area contributed by atoms with Crippen molar-refractivity contribution in [3.63, 3.8) is 0 Å². The molecule has 1 N–H and O–H groups in total. The molecule has 3 heteroatoms. The molecule has 0 unspecified atom stereocenters. The van der Waals surface area contributed by atoms with E-state index in [0.717, 1.165) is 38.6 Å². The number of benzene rings is 3. The van der Waals surface area contributed by atoms with Gasteiger partial charge < -0.3 is 9.52 Å². The van der Waals surface area contributed by atoms with Crippen molar-refractivity contribution >= 4 is 33.5 Å². The van der Waals surface area contributed by atoms with Crippen LogP contribution in [0.25, 0.3) is 33.1 Å². The molecule has 0 atom stereocenters. The van der Waals surface area contributed by atoms with E-state index in [9.17, 15) is 5.11 Å². The van der Waals surface area contributed by atoms with Gasteiger partial charge in [0.2, 0.25) is 0 Å². The Morgan fingerprint density at radius 3 is 2.42 bits per heavy atom. The van der Waals surface area contributed by atoms with Gasteiger partial charge >= 0.3 is 0 Å². The topological polar surface area (TPSA) is 33.4 Å². The highest BCUT2D eigenvalue weighted by molar-refractivity contribution is 6.30. The highest BCUT2D eigenvalue weighted by atomic mass is 35.5. The van der Waals surface area contributed by atoms with Crippen LogP contribution in [0.3, 0.4) is 0 Å². The Labute approximate surface area is 145 Å². The molecule has 3 aromatic carbocycles. The summed E-state index contributed by atoms with van der Waals surface area (Å²) < 4.78 is 6.12. The monoisotopic (exact) mass is 336 g/mol. The van der Waals surface area contributed by atoms with Gasteiger partial charge in [-0.25, -0.2) is 0 Å². The van der Waals surface area contributed by atoms with Crippen molar-refractivity contribution in [3.8, 4) is 11.1 Å². The number of aliphatic hydroxyl groups is 1. The van der Waals surface area contributed by atoms with Crippen LogP contribution in [0, 0.1) is 0 Å². The van der Waals surface area contributed by atoms with Gasteiger partial charge in [0.05, 0.1) is 5.60 Å². The first-order valence-electron chi connectivity index (χ1n) is 7.88. The molecule has 0 aliphatic rings. The van der Waals surface area contributed by atoms with Gasteiger partial charge in [-0.15, -0.1) is 0 Å². The summed E-state index contributed by atoms with van der Waals surface area (Å²) in [5.74, 6) is 0. The lowest BCUT2D eigenvalue weighted by Crippen LogP contribution is -2.16. The molecular formula is C21H17ClO2. The van der Waals surface area contributed by atoms with E-state index in [0.29, 0.717) is 5.02 Å². The summed E-state index contributed by atoms with van der Waals surface area (Å²) in [5, 5.41) is 13.3. The van der Waals surface area contributed by atoms with Crippen molar-refractivity contribution in [1.82, 2.24) is 0 Å². The van der Waals surface area contributed by atoms with E-state index in [2.05, 4.69) is 12.1 Å². The fraction of sp³-hybridized carbons (Fsp3) is 0.143. The standard InChI is InChI=1S/C21H17ClO2/c1-21(2,23)18-12-13(22)10-11-14(18)16-7-5-8-17-15-6-3-4-9-19(15)24-20(16)17/h3-12,23H,1-2H3. The summed E-state index contributed by atoms with van der Waals surface area (Å²) >= 11 is 6.16. The summed E-state index contributed by atoms with van der Waals surface area (Å²) in [6.07, 6.45) is 0. The Hall–Kier alpha value is -2.29. The molecule has 0 bridgehead atoms. The Morgan fingerprint density at radius 2 is 1.62 bits per heavy atom. The molecule has 1 heterocycles. The van der Waals surface area contributed by atoms with Crippen molar-refractivity contribution in [3.05, 3.63) is 71.2 Å². The lowest BCUT2D eigenvalue weighted by molar-refractivity contribution is 0.0792. The quantitative estimate of drug-likeness (QED) is 0.477. The average molecular weight is 337 g/mol. The molecule has 0 saturated carbocycles. The summed E-state index contributed by atoms with van der Waals surface area (Å²) in [6, 6.07) is 19.7. The lowest BCUT2D eigenvalue weighted by atomic mass is 9.89. The molecule has 0 aliphatic heterocycles. The molecular weight excluding hydrogens is 320 g/mol. The van der Waals surface area contributed by atoms with Crippen molar-refractivity contribution in [2.75, 3.05) is 0 Å². The van der Waals surface area contributed by atoms with E-state index < -0.39 is 5.60 Å². The summed E-state index contributed by atoms with van der Waals surface area (Å²) in [6.45, 7) is 3.53. The van der Waals surface area contributed by atoms with Crippen LogP contribution in [0.5, 0.6) is 0 Å². The molecule has 0 fully saturated rings. The lowest BCUT2D eigenvalue weighted by Gasteiger charge is -2.22. The van der Waals surface area contributed by atoms with Gasteiger partial charge in [0.1, 0.15) is 11.2 Å². The van der Waals surface area contributed by atoms with E-state index >= 15 is 0 Å². The summed E-state index contributed by atoms with van der Waals surface area (Å²) in [4.78, 5) is 0. The minimum atomic E-state index is -1.01. The zero-order valence-electron chi connectivity index (χ0n) is 13.5. The van der Waals surface area contributed by atoms with Crippen LogP contribution in [0.2, 0.25) is 5.02 Å². The second-order valence-electron chi connectivity index (χ2n) is 6.53. The zero-order valence-corrected chi connectivity index (χ0v) is 14.3. The number of furan rings is 1. The van der Waals surface area contributed by atoms with Crippen molar-refractivity contribution in [2.24, 2.45) is 0 Å². The van der Waals surface area contributed by atoms with Crippen molar-refractivity contribution in [1.29, 1.82) is 0 Å². The van der Waals surface area contributed by atoms with Gasteiger partial charge in [-0.05, 0) is 43.2 Å². The van der Waals surface area contributed by atoms with E-state index in [1.54, 1.807) is 13.8 Å². The SMILES string of the molecule is CC(C)(O)c1cc(Cl)ccc1-c1cccc2c1oc1ccccc12. The highest BCUT2D eigenvalue weighted by Crippen LogP contribution is 2.40. The van der Waals surface area contributed by atoms with Crippen LogP contribution in [-0.4, -0.2) is 5.11 Å². The molecule has 0 spiro atoms. The molecule has 4 aromatic rings. The number of rotatable bonds is 2. The smallest absolute Gasteiger partial charge is 0.143 e. The van der Waals surface area contributed by atoms with Gasteiger partial charge in [0.15, 0.2) is 0 Å².